The Morgan fingerprint density at radius 3 is 2.64 bits per heavy atom. The largest absolute Gasteiger partial charge is 0.370 e. The maximum absolute atomic E-state index is 12.1. The number of pyridine rings is 1. The Labute approximate surface area is 149 Å². The van der Waals surface area contributed by atoms with Gasteiger partial charge in [0.25, 0.3) is 0 Å². The summed E-state index contributed by atoms with van der Waals surface area (Å²) in [5, 5.41) is 15.6. The highest BCUT2D eigenvalue weighted by atomic mass is 16.2. The minimum absolute atomic E-state index is 0.258. The lowest BCUT2D eigenvalue weighted by molar-refractivity contribution is -0.129. The molecule has 0 unspecified atom stereocenters. The van der Waals surface area contributed by atoms with E-state index in [1.165, 1.54) is 12.8 Å². The predicted octanol–water partition coefficient (Wildman–Crippen LogP) is 2.14. The average Bonchev–Trinajstić information content (AvgIpc) is 3.20. The number of hydrogen-bond acceptors (Lipinski definition) is 5. The van der Waals surface area contributed by atoms with E-state index in [2.05, 4.69) is 21.7 Å². The van der Waals surface area contributed by atoms with Crippen LogP contribution >= 0.6 is 0 Å². The van der Waals surface area contributed by atoms with Crippen LogP contribution in [-0.2, 0) is 4.79 Å². The second-order valence-electron chi connectivity index (χ2n) is 7.11. The van der Waals surface area contributed by atoms with Gasteiger partial charge in [0.05, 0.1) is 12.1 Å². The van der Waals surface area contributed by atoms with Gasteiger partial charge in [-0.2, -0.15) is 5.26 Å². The molecule has 2 aliphatic rings. The van der Waals surface area contributed by atoms with Crippen LogP contribution in [0.25, 0.3) is 0 Å². The second-order valence-corrected chi connectivity index (χ2v) is 7.11. The molecule has 0 radical (unpaired) electrons. The molecule has 134 valence electrons. The lowest BCUT2D eigenvalue weighted by atomic mass is 9.86. The maximum Gasteiger partial charge on any atom is 0.236 e. The van der Waals surface area contributed by atoms with Crippen LogP contribution in [0.3, 0.4) is 0 Å². The SMILES string of the molecule is N#Cc1ccc(NCC2CCC(NCC(=O)N3CCCC3)CC2)nc1. The van der Waals surface area contributed by atoms with Crippen LogP contribution in [0.1, 0.15) is 44.1 Å². The molecule has 2 heterocycles. The molecule has 2 fully saturated rings. The molecule has 1 aromatic heterocycles. The third kappa shape index (κ3) is 5.17. The molecule has 1 saturated carbocycles. The van der Waals surface area contributed by atoms with Crippen LogP contribution in [0.4, 0.5) is 5.82 Å². The number of rotatable bonds is 6. The fraction of sp³-hybridized carbons (Fsp3) is 0.632. The fourth-order valence-electron chi connectivity index (χ4n) is 3.69. The molecule has 3 rings (SSSR count). The topological polar surface area (TPSA) is 81.0 Å². The van der Waals surface area contributed by atoms with Crippen molar-refractivity contribution >= 4 is 11.7 Å². The molecule has 6 heteroatoms. The Bertz CT molecular complexity index is 595. The molecule has 1 amide bonds. The molecule has 0 aromatic carbocycles. The number of hydrogen-bond donors (Lipinski definition) is 2. The van der Waals surface area contributed by atoms with E-state index in [1.807, 2.05) is 11.0 Å². The smallest absolute Gasteiger partial charge is 0.236 e. The van der Waals surface area contributed by atoms with Crippen LogP contribution in [0.15, 0.2) is 18.3 Å². The summed E-state index contributed by atoms with van der Waals surface area (Å²) in [7, 11) is 0. The van der Waals surface area contributed by atoms with Gasteiger partial charge in [-0.05, 0) is 56.6 Å². The van der Waals surface area contributed by atoms with Crippen molar-refractivity contribution in [3.63, 3.8) is 0 Å². The van der Waals surface area contributed by atoms with Gasteiger partial charge in [-0.15, -0.1) is 0 Å². The Morgan fingerprint density at radius 1 is 1.24 bits per heavy atom. The summed E-state index contributed by atoms with van der Waals surface area (Å²) in [6.45, 7) is 3.27. The lowest BCUT2D eigenvalue weighted by Crippen LogP contribution is -2.42. The molecule has 2 N–H and O–H groups in total. The van der Waals surface area contributed by atoms with Gasteiger partial charge in [0.15, 0.2) is 0 Å². The number of nitrogens with zero attached hydrogens (tertiary/aromatic N) is 3. The van der Waals surface area contributed by atoms with E-state index in [1.54, 1.807) is 12.3 Å². The van der Waals surface area contributed by atoms with Crippen molar-refractivity contribution in [2.24, 2.45) is 5.92 Å². The molecular formula is C19H27N5O. The summed E-state index contributed by atoms with van der Waals surface area (Å²) in [5.74, 6) is 1.73. The lowest BCUT2D eigenvalue weighted by Gasteiger charge is -2.29. The first-order valence-corrected chi connectivity index (χ1v) is 9.36. The van der Waals surface area contributed by atoms with Crippen LogP contribution in [0.5, 0.6) is 0 Å². The number of anilines is 1. The van der Waals surface area contributed by atoms with E-state index < -0.39 is 0 Å². The highest BCUT2D eigenvalue weighted by Gasteiger charge is 2.23. The first kappa shape index (κ1) is 17.7. The van der Waals surface area contributed by atoms with E-state index >= 15 is 0 Å². The Morgan fingerprint density at radius 2 is 2.00 bits per heavy atom. The van der Waals surface area contributed by atoms with Gasteiger partial charge >= 0.3 is 0 Å². The van der Waals surface area contributed by atoms with Gasteiger partial charge in [0, 0.05) is 31.9 Å². The van der Waals surface area contributed by atoms with Crippen molar-refractivity contribution < 1.29 is 4.79 Å². The van der Waals surface area contributed by atoms with Gasteiger partial charge in [-0.25, -0.2) is 4.98 Å². The minimum Gasteiger partial charge on any atom is -0.370 e. The molecule has 1 aromatic rings. The molecule has 1 aliphatic heterocycles. The van der Waals surface area contributed by atoms with Crippen LogP contribution < -0.4 is 10.6 Å². The third-order valence-corrected chi connectivity index (χ3v) is 5.31. The average molecular weight is 341 g/mol. The summed E-state index contributed by atoms with van der Waals surface area (Å²) in [6.07, 6.45) is 8.48. The summed E-state index contributed by atoms with van der Waals surface area (Å²) in [4.78, 5) is 18.3. The van der Waals surface area contributed by atoms with E-state index in [4.69, 9.17) is 5.26 Å². The summed E-state index contributed by atoms with van der Waals surface area (Å²) in [5.41, 5.74) is 0.584. The summed E-state index contributed by atoms with van der Waals surface area (Å²) in [6, 6.07) is 6.19. The van der Waals surface area contributed by atoms with Crippen molar-refractivity contribution in [2.45, 2.75) is 44.6 Å². The van der Waals surface area contributed by atoms with Gasteiger partial charge in [-0.1, -0.05) is 0 Å². The maximum atomic E-state index is 12.1. The first-order valence-electron chi connectivity index (χ1n) is 9.36. The van der Waals surface area contributed by atoms with E-state index in [-0.39, 0.29) is 5.91 Å². The quantitative estimate of drug-likeness (QED) is 0.828. The molecule has 0 atom stereocenters. The summed E-state index contributed by atoms with van der Waals surface area (Å²) >= 11 is 0. The molecule has 0 bridgehead atoms. The zero-order valence-electron chi connectivity index (χ0n) is 14.7. The fourth-order valence-corrected chi connectivity index (χ4v) is 3.69. The number of likely N-dealkylation sites (tertiary alicyclic amines) is 1. The molecule has 25 heavy (non-hydrogen) atoms. The van der Waals surface area contributed by atoms with E-state index in [0.717, 1.165) is 51.1 Å². The van der Waals surface area contributed by atoms with Crippen LogP contribution in [-0.4, -0.2) is 48.0 Å². The van der Waals surface area contributed by atoms with Gasteiger partial charge < -0.3 is 15.5 Å². The zero-order valence-corrected chi connectivity index (χ0v) is 14.7. The standard InChI is InChI=1S/C19H27N5O/c20-11-16-5-8-18(23-13-16)22-12-15-3-6-17(7-4-15)21-14-19(25)24-9-1-2-10-24/h5,8,13,15,17,21H,1-4,6-7,9-10,12,14H2,(H,22,23). The van der Waals surface area contributed by atoms with Crippen molar-refractivity contribution in [3.8, 4) is 6.07 Å². The van der Waals surface area contributed by atoms with Crippen molar-refractivity contribution in [3.05, 3.63) is 23.9 Å². The van der Waals surface area contributed by atoms with E-state index in [9.17, 15) is 4.79 Å². The van der Waals surface area contributed by atoms with Gasteiger partial charge in [0.2, 0.25) is 5.91 Å². The van der Waals surface area contributed by atoms with Crippen molar-refractivity contribution in [2.75, 3.05) is 31.5 Å². The molecule has 1 aliphatic carbocycles. The van der Waals surface area contributed by atoms with E-state index in [0.29, 0.717) is 24.1 Å². The number of aromatic nitrogens is 1. The Balaban J connectivity index is 1.32. The van der Waals surface area contributed by atoms with Gasteiger partial charge in [-0.3, -0.25) is 4.79 Å². The molecule has 1 saturated heterocycles. The highest BCUT2D eigenvalue weighted by Crippen LogP contribution is 2.24. The summed E-state index contributed by atoms with van der Waals surface area (Å²) < 4.78 is 0. The normalized spacial score (nSPS) is 23.2. The van der Waals surface area contributed by atoms with Crippen LogP contribution in [0.2, 0.25) is 0 Å². The number of carbonyl (C=O) groups is 1. The monoisotopic (exact) mass is 341 g/mol. The number of nitrogens with one attached hydrogen (secondary N) is 2. The third-order valence-electron chi connectivity index (χ3n) is 5.31. The number of amides is 1. The molecule has 0 spiro atoms. The minimum atomic E-state index is 0.258. The van der Waals surface area contributed by atoms with Crippen molar-refractivity contribution in [1.82, 2.24) is 15.2 Å². The van der Waals surface area contributed by atoms with Crippen LogP contribution in [0, 0.1) is 17.2 Å². The second kappa shape index (κ2) is 8.82. The van der Waals surface area contributed by atoms with Gasteiger partial charge in [0.1, 0.15) is 11.9 Å². The first-order chi connectivity index (χ1) is 12.2. The molecular weight excluding hydrogens is 314 g/mol. The zero-order chi connectivity index (χ0) is 17.5. The number of carbonyl (C=O) groups excluding carboxylic acids is 1. The Hall–Kier alpha value is -2.13. The predicted molar refractivity (Wildman–Crippen MR) is 97.0 cm³/mol. The van der Waals surface area contributed by atoms with Crippen molar-refractivity contribution in [1.29, 1.82) is 5.26 Å². The molecule has 6 nitrogen and oxygen atoms in total. The highest BCUT2D eigenvalue weighted by molar-refractivity contribution is 5.78. The Kier molecular flexibility index (Phi) is 6.24. The number of nitriles is 1.